The number of aromatic nitrogens is 2. The van der Waals surface area contributed by atoms with Crippen LogP contribution < -0.4 is 15.4 Å². The van der Waals surface area contributed by atoms with Crippen molar-refractivity contribution in [1.29, 1.82) is 0 Å². The highest BCUT2D eigenvalue weighted by atomic mass is 19.4. The molecule has 4 heterocycles. The smallest absolute Gasteiger partial charge is 0.482 e. The molecule has 5 rings (SSSR count). The molecule has 42 heavy (non-hydrogen) atoms. The van der Waals surface area contributed by atoms with Gasteiger partial charge in [0.2, 0.25) is 0 Å². The van der Waals surface area contributed by atoms with Crippen molar-refractivity contribution in [2.45, 2.75) is 44.4 Å². The summed E-state index contributed by atoms with van der Waals surface area (Å²) in [4.78, 5) is 47.5. The van der Waals surface area contributed by atoms with Gasteiger partial charge in [-0.1, -0.05) is 11.2 Å². The third kappa shape index (κ3) is 7.89. The summed E-state index contributed by atoms with van der Waals surface area (Å²) in [7, 11) is 0. The first-order valence-corrected chi connectivity index (χ1v) is 12.5. The molecule has 2 amide bonds. The number of hydrogen-bond donors (Lipinski definition) is 4. The molecule has 0 saturated carbocycles. The number of benzene rings is 1. The molecule has 0 unspecified atom stereocenters. The van der Waals surface area contributed by atoms with Gasteiger partial charge in [0.05, 0.1) is 31.2 Å². The maximum atomic E-state index is 12.8. The number of nitrogens with one attached hydrogen (secondary N) is 2. The number of amides is 2. The zero-order chi connectivity index (χ0) is 30.4. The number of carboxylic acid groups (broad SMARTS) is 1. The van der Waals surface area contributed by atoms with Gasteiger partial charge in [0.15, 0.2) is 12.7 Å². The van der Waals surface area contributed by atoms with Crippen molar-refractivity contribution in [2.75, 3.05) is 31.7 Å². The fourth-order valence-corrected chi connectivity index (χ4v) is 3.97. The summed E-state index contributed by atoms with van der Waals surface area (Å²) in [5.74, 6) is -2.33. The maximum Gasteiger partial charge on any atom is 0.490 e. The van der Waals surface area contributed by atoms with Gasteiger partial charge in [-0.15, -0.1) is 0 Å². The fourth-order valence-electron chi connectivity index (χ4n) is 3.97. The van der Waals surface area contributed by atoms with Gasteiger partial charge in [-0.3, -0.25) is 9.59 Å². The van der Waals surface area contributed by atoms with Crippen LogP contribution in [-0.2, 0) is 30.4 Å². The van der Waals surface area contributed by atoms with E-state index in [0.717, 1.165) is 5.56 Å². The van der Waals surface area contributed by atoms with Crippen LogP contribution in [-0.4, -0.2) is 94.6 Å². The molecule has 1 saturated heterocycles. The van der Waals surface area contributed by atoms with Crippen LogP contribution in [0, 0.1) is 6.92 Å². The van der Waals surface area contributed by atoms with Crippen molar-refractivity contribution < 1.29 is 56.8 Å². The maximum absolute atomic E-state index is 12.8. The Morgan fingerprint density at radius 1 is 1.14 bits per heavy atom. The lowest BCUT2D eigenvalue weighted by molar-refractivity contribution is -0.192. The topological polar surface area (TPSA) is 191 Å². The van der Waals surface area contributed by atoms with Crippen LogP contribution in [0.15, 0.2) is 29.4 Å². The van der Waals surface area contributed by atoms with Gasteiger partial charge in [0.25, 0.3) is 11.8 Å². The van der Waals surface area contributed by atoms with Gasteiger partial charge < -0.3 is 39.9 Å². The zero-order valence-electron chi connectivity index (χ0n) is 22.0. The van der Waals surface area contributed by atoms with E-state index >= 15 is 0 Å². The van der Waals surface area contributed by atoms with E-state index in [9.17, 15) is 22.8 Å². The number of aliphatic hydroxyl groups is 1. The Bertz CT molecular complexity index is 1360. The minimum absolute atomic E-state index is 0.0127. The summed E-state index contributed by atoms with van der Waals surface area (Å²) in [5, 5.41) is 26.0. The number of carbonyl (C=O) groups is 3. The summed E-state index contributed by atoms with van der Waals surface area (Å²) in [5.41, 5.74) is 2.66. The number of anilines is 1. The third-order valence-corrected chi connectivity index (χ3v) is 6.04. The van der Waals surface area contributed by atoms with Crippen molar-refractivity contribution in [1.82, 2.24) is 15.3 Å². The number of alkyl halides is 3. The minimum Gasteiger partial charge on any atom is -0.482 e. The van der Waals surface area contributed by atoms with Gasteiger partial charge in [-0.05, 0) is 30.7 Å². The average Bonchev–Trinajstić information content (AvgIpc) is 3.46. The molecule has 0 bridgehead atoms. The number of nitrogens with zero attached hydrogens (tertiary/aromatic N) is 3. The molecule has 0 aliphatic carbocycles. The lowest BCUT2D eigenvalue weighted by Crippen LogP contribution is -2.43. The van der Waals surface area contributed by atoms with Gasteiger partial charge in [-0.25, -0.2) is 14.8 Å². The van der Waals surface area contributed by atoms with Crippen LogP contribution in [0.2, 0.25) is 0 Å². The molecule has 1 aromatic carbocycles. The van der Waals surface area contributed by atoms with Crippen LogP contribution in [0.1, 0.15) is 34.0 Å². The molecule has 0 radical (unpaired) electrons. The van der Waals surface area contributed by atoms with E-state index < -0.39 is 12.1 Å². The highest BCUT2D eigenvalue weighted by Crippen LogP contribution is 2.28. The van der Waals surface area contributed by atoms with Crippen LogP contribution >= 0.6 is 0 Å². The van der Waals surface area contributed by atoms with Crippen molar-refractivity contribution in [2.24, 2.45) is 5.16 Å². The monoisotopic (exact) mass is 597 g/mol. The van der Waals surface area contributed by atoms with Crippen molar-refractivity contribution in [3.63, 3.8) is 0 Å². The quantitative estimate of drug-likeness (QED) is 0.371. The van der Waals surface area contributed by atoms with Crippen LogP contribution in [0.25, 0.3) is 0 Å². The number of aliphatic carboxylic acids is 1. The number of rotatable bonds is 6. The molecular formula is C25H26F3N5O9. The number of carbonyl (C=O) groups excluding carboxylic acids is 2. The van der Waals surface area contributed by atoms with E-state index in [2.05, 4.69) is 25.8 Å². The van der Waals surface area contributed by atoms with Crippen molar-refractivity contribution >= 4 is 29.2 Å². The molecule has 17 heteroatoms. The van der Waals surface area contributed by atoms with Crippen LogP contribution in [0.4, 0.5) is 18.9 Å². The molecule has 1 aromatic heterocycles. The number of aliphatic hydroxyl groups excluding tert-OH is 1. The normalized spacial score (nSPS) is 21.4. The molecule has 4 N–H and O–H groups in total. The largest absolute Gasteiger partial charge is 0.490 e. The molecule has 1 fully saturated rings. The Morgan fingerprint density at radius 3 is 2.57 bits per heavy atom. The van der Waals surface area contributed by atoms with Crippen LogP contribution in [0.3, 0.4) is 0 Å². The number of hydrogen-bond acceptors (Lipinski definition) is 11. The molecule has 14 nitrogen and oxygen atoms in total. The molecule has 2 aromatic rings. The molecular weight excluding hydrogens is 571 g/mol. The lowest BCUT2D eigenvalue weighted by atomic mass is 10.0. The predicted molar refractivity (Wildman–Crippen MR) is 135 cm³/mol. The highest BCUT2D eigenvalue weighted by Gasteiger charge is 2.38. The third-order valence-electron chi connectivity index (χ3n) is 6.04. The SMILES string of the molecule is Cc1nc(C(=O)NCc2ccc3c(c2)NC(=O)CO3)cc(C2=NO[C@H]([C@H]3CO[C@H](CO)CO3)C2)n1.O=C(O)C(F)(F)F. The zero-order valence-corrected chi connectivity index (χ0v) is 22.0. The minimum atomic E-state index is -5.08. The number of halogens is 3. The van der Waals surface area contributed by atoms with Crippen molar-refractivity contribution in [3.05, 3.63) is 47.0 Å². The summed E-state index contributed by atoms with van der Waals surface area (Å²) < 4.78 is 48.4. The van der Waals surface area contributed by atoms with Gasteiger partial charge in [-0.2, -0.15) is 13.2 Å². The predicted octanol–water partition coefficient (Wildman–Crippen LogP) is 0.949. The Kier molecular flexibility index (Phi) is 9.54. The second kappa shape index (κ2) is 13.1. The number of ether oxygens (including phenoxy) is 3. The molecule has 3 aliphatic heterocycles. The second-order valence-electron chi connectivity index (χ2n) is 9.23. The number of oxime groups is 1. The Hall–Kier alpha value is -4.35. The van der Waals surface area contributed by atoms with E-state index in [4.69, 9.17) is 34.1 Å². The van der Waals surface area contributed by atoms with Gasteiger partial charge >= 0.3 is 12.1 Å². The average molecular weight is 598 g/mol. The second-order valence-corrected chi connectivity index (χ2v) is 9.23. The van der Waals surface area contributed by atoms with E-state index in [0.29, 0.717) is 41.7 Å². The van der Waals surface area contributed by atoms with E-state index in [1.807, 2.05) is 6.07 Å². The molecule has 3 aliphatic rings. The highest BCUT2D eigenvalue weighted by molar-refractivity contribution is 6.02. The summed E-state index contributed by atoms with van der Waals surface area (Å²) in [6, 6.07) is 6.91. The van der Waals surface area contributed by atoms with Crippen molar-refractivity contribution in [3.8, 4) is 5.75 Å². The number of carboxylic acids is 1. The van der Waals surface area contributed by atoms with Gasteiger partial charge in [0, 0.05) is 13.0 Å². The molecule has 226 valence electrons. The summed E-state index contributed by atoms with van der Waals surface area (Å²) >= 11 is 0. The first-order chi connectivity index (χ1) is 19.9. The first-order valence-electron chi connectivity index (χ1n) is 12.5. The first kappa shape index (κ1) is 30.6. The standard InChI is InChI=1S/C23H25N5O7.C2HF3O2/c1-12-25-15(16-6-20(35-28-16)21-10-32-14(8-29)9-33-21)5-18(26-12)23(31)24-7-13-2-3-19-17(4-13)27-22(30)11-34-19;3-2(4,5)1(6)7/h2-5,14,20-21,29H,6-11H2,1H3,(H,24,31)(H,27,30);(H,6,7)/t14-,20+,21-;/m1./s1. The summed E-state index contributed by atoms with van der Waals surface area (Å²) in [6.45, 7) is 2.42. The van der Waals surface area contributed by atoms with E-state index in [1.54, 1.807) is 25.1 Å². The van der Waals surface area contributed by atoms with Gasteiger partial charge in [0.1, 0.15) is 35.2 Å². The Balaban J connectivity index is 0.000000517. The van der Waals surface area contributed by atoms with E-state index in [-0.39, 0.29) is 62.2 Å². The van der Waals surface area contributed by atoms with Crippen LogP contribution in [0.5, 0.6) is 5.75 Å². The fraction of sp³-hybridized carbons (Fsp3) is 0.440. The molecule has 0 spiro atoms. The summed E-state index contributed by atoms with van der Waals surface area (Å²) in [6.07, 6.45) is -5.62. The number of aryl methyl sites for hydroxylation is 1. The number of fused-ring (bicyclic) bond motifs is 1. The Labute approximate surface area is 235 Å². The van der Waals surface area contributed by atoms with E-state index in [1.165, 1.54) is 0 Å². The lowest BCUT2D eigenvalue weighted by Gasteiger charge is -2.30. The molecule has 3 atom stereocenters. The Morgan fingerprint density at radius 2 is 1.90 bits per heavy atom.